The fraction of sp³-hybridized carbons (Fsp3) is 0.409. The summed E-state index contributed by atoms with van der Waals surface area (Å²) in [6.07, 6.45) is 6.01. The maximum absolute atomic E-state index is 13.1. The van der Waals surface area contributed by atoms with E-state index in [1.165, 1.54) is 17.3 Å². The highest BCUT2D eigenvalue weighted by molar-refractivity contribution is 8.00. The van der Waals surface area contributed by atoms with Crippen molar-refractivity contribution in [1.29, 1.82) is 0 Å². The van der Waals surface area contributed by atoms with E-state index in [1.54, 1.807) is 12.4 Å². The molecule has 0 N–H and O–H groups in total. The number of thioether (sulfide) groups is 1. The van der Waals surface area contributed by atoms with Crippen LogP contribution in [-0.4, -0.2) is 58.5 Å². The number of hydrogen-bond donors (Lipinski definition) is 0. The number of amides is 2. The Hall–Kier alpha value is -2.34. The van der Waals surface area contributed by atoms with Crippen LogP contribution in [0.2, 0.25) is 0 Å². The van der Waals surface area contributed by atoms with Gasteiger partial charge in [0, 0.05) is 43.5 Å². The quantitative estimate of drug-likeness (QED) is 0.706. The Morgan fingerprint density at radius 3 is 2.61 bits per heavy atom. The first kappa shape index (κ1) is 19.0. The van der Waals surface area contributed by atoms with Gasteiger partial charge in [-0.1, -0.05) is 30.3 Å². The van der Waals surface area contributed by atoms with Crippen LogP contribution in [-0.2, 0) is 16.0 Å². The predicted octanol–water partition coefficient (Wildman–Crippen LogP) is 2.87. The van der Waals surface area contributed by atoms with Crippen LogP contribution in [0.3, 0.4) is 0 Å². The molecule has 2 fully saturated rings. The number of carbonyl (C=O) groups is 2. The third-order valence-electron chi connectivity index (χ3n) is 5.83. The summed E-state index contributed by atoms with van der Waals surface area (Å²) in [5.41, 5.74) is 0.904. The normalized spacial score (nSPS) is 21.6. The Kier molecular flexibility index (Phi) is 5.67. The molecule has 0 saturated carbocycles. The zero-order valence-corrected chi connectivity index (χ0v) is 16.7. The highest BCUT2D eigenvalue weighted by atomic mass is 32.2. The lowest BCUT2D eigenvalue weighted by Crippen LogP contribution is -2.39. The Bertz CT molecular complexity index is 830. The molecule has 0 bridgehead atoms. The van der Waals surface area contributed by atoms with E-state index in [0.29, 0.717) is 18.8 Å². The Morgan fingerprint density at radius 1 is 1.07 bits per heavy atom. The molecule has 1 atom stereocenters. The van der Waals surface area contributed by atoms with E-state index in [2.05, 4.69) is 17.1 Å². The van der Waals surface area contributed by atoms with Crippen molar-refractivity contribution in [2.45, 2.75) is 24.2 Å². The minimum atomic E-state index is -0.353. The van der Waals surface area contributed by atoms with Crippen LogP contribution >= 0.6 is 11.8 Å². The molecule has 1 aromatic heterocycles. The molecule has 2 aromatic rings. The zero-order chi connectivity index (χ0) is 19.4. The van der Waals surface area contributed by atoms with E-state index < -0.39 is 0 Å². The van der Waals surface area contributed by atoms with Crippen molar-refractivity contribution < 1.29 is 9.59 Å². The van der Waals surface area contributed by atoms with Gasteiger partial charge < -0.3 is 9.80 Å². The summed E-state index contributed by atoms with van der Waals surface area (Å²) >= 11 is 1.53. The Morgan fingerprint density at radius 2 is 1.82 bits per heavy atom. The first-order valence-corrected chi connectivity index (χ1v) is 10.8. The van der Waals surface area contributed by atoms with Gasteiger partial charge in [0.1, 0.15) is 0 Å². The molecule has 0 aliphatic carbocycles. The minimum Gasteiger partial charge on any atom is -0.342 e. The molecule has 2 amide bonds. The molecule has 2 aliphatic heterocycles. The topological polar surface area (TPSA) is 53.5 Å². The van der Waals surface area contributed by atoms with Crippen molar-refractivity contribution in [2.75, 3.05) is 31.9 Å². The smallest absolute Gasteiger partial charge is 0.232 e. The van der Waals surface area contributed by atoms with Crippen LogP contribution < -0.4 is 0 Å². The first-order valence-electron chi connectivity index (χ1n) is 9.80. The summed E-state index contributed by atoms with van der Waals surface area (Å²) in [6.45, 7) is 2.83. The molecular formula is C22H25N3O2S. The SMILES string of the molecule is O=C(CSc1ccncc1)N1CCC2(CCN(CCc3ccccc3)C2=O)C1. The lowest BCUT2D eigenvalue weighted by atomic mass is 9.85. The molecule has 6 heteroatoms. The van der Waals surface area contributed by atoms with Crippen molar-refractivity contribution in [1.82, 2.24) is 14.8 Å². The summed E-state index contributed by atoms with van der Waals surface area (Å²) in [5, 5.41) is 0. The van der Waals surface area contributed by atoms with Crippen molar-refractivity contribution in [3.8, 4) is 0 Å². The number of hydrogen-bond acceptors (Lipinski definition) is 4. The molecule has 4 rings (SSSR count). The molecule has 1 aromatic carbocycles. The van der Waals surface area contributed by atoms with Crippen LogP contribution in [0, 0.1) is 5.41 Å². The van der Waals surface area contributed by atoms with Crippen LogP contribution in [0.25, 0.3) is 0 Å². The van der Waals surface area contributed by atoms with Crippen LogP contribution in [0.15, 0.2) is 59.8 Å². The van der Waals surface area contributed by atoms with Crippen molar-refractivity contribution in [3.63, 3.8) is 0 Å². The van der Waals surface area contributed by atoms with Gasteiger partial charge in [-0.25, -0.2) is 0 Å². The standard InChI is InChI=1S/C22H25N3O2S/c26-20(16-28-19-6-11-23-12-7-19)25-15-10-22(17-25)9-14-24(21(22)27)13-8-18-4-2-1-3-5-18/h1-7,11-12H,8-10,13-17H2. The number of aromatic nitrogens is 1. The van der Waals surface area contributed by atoms with E-state index in [4.69, 9.17) is 0 Å². The molecular weight excluding hydrogens is 370 g/mol. The number of rotatable bonds is 6. The Balaban J connectivity index is 1.30. The number of carbonyl (C=O) groups excluding carboxylic acids is 2. The van der Waals surface area contributed by atoms with Crippen LogP contribution in [0.5, 0.6) is 0 Å². The lowest BCUT2D eigenvalue weighted by Gasteiger charge is -2.23. The number of likely N-dealkylation sites (tertiary alicyclic amines) is 2. The Labute approximate surface area is 170 Å². The maximum atomic E-state index is 13.1. The van der Waals surface area contributed by atoms with Gasteiger partial charge in [-0.2, -0.15) is 0 Å². The van der Waals surface area contributed by atoms with Crippen molar-refractivity contribution in [2.24, 2.45) is 5.41 Å². The molecule has 5 nitrogen and oxygen atoms in total. The second kappa shape index (κ2) is 8.35. The van der Waals surface area contributed by atoms with Crippen LogP contribution in [0.1, 0.15) is 18.4 Å². The number of nitrogens with zero attached hydrogens (tertiary/aromatic N) is 3. The minimum absolute atomic E-state index is 0.120. The third-order valence-corrected chi connectivity index (χ3v) is 6.83. The van der Waals surface area contributed by atoms with Crippen molar-refractivity contribution >= 4 is 23.6 Å². The van der Waals surface area contributed by atoms with Gasteiger partial charge in [-0.15, -0.1) is 11.8 Å². The first-order chi connectivity index (χ1) is 13.7. The highest BCUT2D eigenvalue weighted by Crippen LogP contribution is 2.41. The molecule has 2 aliphatic rings. The van der Waals surface area contributed by atoms with Crippen molar-refractivity contribution in [3.05, 3.63) is 60.4 Å². The predicted molar refractivity (Wildman–Crippen MR) is 110 cm³/mol. The van der Waals surface area contributed by atoms with Gasteiger partial charge in [-0.05, 0) is 37.0 Å². The third kappa shape index (κ3) is 4.07. The van der Waals surface area contributed by atoms with Crippen LogP contribution in [0.4, 0.5) is 0 Å². The van der Waals surface area contributed by atoms with Gasteiger partial charge >= 0.3 is 0 Å². The monoisotopic (exact) mass is 395 g/mol. The number of pyridine rings is 1. The average Bonchev–Trinajstić information content (AvgIpc) is 3.31. The largest absolute Gasteiger partial charge is 0.342 e. The number of benzene rings is 1. The van der Waals surface area contributed by atoms with Gasteiger partial charge in [-0.3, -0.25) is 14.6 Å². The fourth-order valence-corrected chi connectivity index (χ4v) is 4.94. The highest BCUT2D eigenvalue weighted by Gasteiger charge is 2.51. The zero-order valence-electron chi connectivity index (χ0n) is 15.9. The summed E-state index contributed by atoms with van der Waals surface area (Å²) < 4.78 is 0. The summed E-state index contributed by atoms with van der Waals surface area (Å²) in [6, 6.07) is 14.1. The van der Waals surface area contributed by atoms with E-state index in [1.807, 2.05) is 40.1 Å². The van der Waals surface area contributed by atoms with E-state index in [0.717, 1.165) is 37.2 Å². The molecule has 0 radical (unpaired) electrons. The average molecular weight is 396 g/mol. The summed E-state index contributed by atoms with van der Waals surface area (Å²) in [5.74, 6) is 0.765. The second-order valence-electron chi connectivity index (χ2n) is 7.60. The summed E-state index contributed by atoms with van der Waals surface area (Å²) in [7, 11) is 0. The second-order valence-corrected chi connectivity index (χ2v) is 8.64. The molecule has 28 heavy (non-hydrogen) atoms. The van der Waals surface area contributed by atoms with Gasteiger partial charge in [0.15, 0.2) is 0 Å². The van der Waals surface area contributed by atoms with Gasteiger partial charge in [0.2, 0.25) is 11.8 Å². The fourth-order valence-electron chi connectivity index (χ4n) is 4.15. The van der Waals surface area contributed by atoms with Gasteiger partial charge in [0.05, 0.1) is 11.2 Å². The van der Waals surface area contributed by atoms with E-state index >= 15 is 0 Å². The molecule has 3 heterocycles. The van der Waals surface area contributed by atoms with E-state index in [-0.39, 0.29) is 17.2 Å². The molecule has 146 valence electrons. The maximum Gasteiger partial charge on any atom is 0.232 e. The summed E-state index contributed by atoms with van der Waals surface area (Å²) in [4.78, 5) is 34.6. The van der Waals surface area contributed by atoms with Gasteiger partial charge in [0.25, 0.3) is 0 Å². The molecule has 1 spiro atoms. The lowest BCUT2D eigenvalue weighted by molar-refractivity contribution is -0.136. The molecule has 1 unspecified atom stereocenters. The molecule has 2 saturated heterocycles. The van der Waals surface area contributed by atoms with E-state index in [9.17, 15) is 9.59 Å².